The average Bonchev–Trinajstić information content (AvgIpc) is 2.07. The quantitative estimate of drug-likeness (QED) is 0.658. The number of aromatic nitrogens is 1. The standard InChI is InChI=1S/C6H4BrF2N3O2/c7-4-2(5(8)9)1-3(10)11-6(4)12(13)14/h1,5H,(H2,10,11). The first-order valence-electron chi connectivity index (χ1n) is 3.32. The summed E-state index contributed by atoms with van der Waals surface area (Å²) < 4.78 is 24.3. The first kappa shape index (κ1) is 10.8. The number of halogens is 3. The molecule has 0 aliphatic heterocycles. The maximum Gasteiger partial charge on any atom is 0.380 e. The molecule has 1 rings (SSSR count). The van der Waals surface area contributed by atoms with E-state index in [0.717, 1.165) is 6.07 Å². The summed E-state index contributed by atoms with van der Waals surface area (Å²) in [6.07, 6.45) is -2.84. The number of nitrogens with zero attached hydrogens (tertiary/aromatic N) is 2. The lowest BCUT2D eigenvalue weighted by atomic mass is 10.2. The van der Waals surface area contributed by atoms with Crippen molar-refractivity contribution >= 4 is 27.6 Å². The van der Waals surface area contributed by atoms with Gasteiger partial charge in [-0.05, 0) is 25.8 Å². The number of hydrogen-bond acceptors (Lipinski definition) is 4. The topological polar surface area (TPSA) is 82.0 Å². The van der Waals surface area contributed by atoms with Crippen molar-refractivity contribution in [3.05, 3.63) is 26.2 Å². The van der Waals surface area contributed by atoms with Crippen molar-refractivity contribution in [3.8, 4) is 0 Å². The highest BCUT2D eigenvalue weighted by Crippen LogP contribution is 2.34. The minimum Gasteiger partial charge on any atom is -0.363 e. The van der Waals surface area contributed by atoms with Gasteiger partial charge in [0.2, 0.25) is 5.82 Å². The summed E-state index contributed by atoms with van der Waals surface area (Å²) >= 11 is 2.68. The molecule has 1 aromatic heterocycles. The third-order valence-corrected chi connectivity index (χ3v) is 2.21. The second kappa shape index (κ2) is 3.82. The first-order chi connectivity index (χ1) is 6.43. The van der Waals surface area contributed by atoms with Crippen LogP contribution in [0.5, 0.6) is 0 Å². The number of anilines is 1. The fourth-order valence-corrected chi connectivity index (χ4v) is 1.36. The van der Waals surface area contributed by atoms with Gasteiger partial charge in [0.15, 0.2) is 0 Å². The largest absolute Gasteiger partial charge is 0.380 e. The molecule has 5 nitrogen and oxygen atoms in total. The van der Waals surface area contributed by atoms with Gasteiger partial charge >= 0.3 is 5.82 Å². The van der Waals surface area contributed by atoms with Crippen LogP contribution in [-0.2, 0) is 0 Å². The molecule has 1 heterocycles. The Balaban J connectivity index is 3.40. The zero-order valence-electron chi connectivity index (χ0n) is 6.58. The molecule has 0 spiro atoms. The molecule has 0 saturated heterocycles. The van der Waals surface area contributed by atoms with E-state index in [1.165, 1.54) is 0 Å². The van der Waals surface area contributed by atoms with E-state index in [1.807, 2.05) is 0 Å². The molecule has 0 aliphatic rings. The van der Waals surface area contributed by atoms with E-state index in [2.05, 4.69) is 20.9 Å². The van der Waals surface area contributed by atoms with Crippen molar-refractivity contribution < 1.29 is 13.7 Å². The van der Waals surface area contributed by atoms with Crippen molar-refractivity contribution in [2.75, 3.05) is 5.73 Å². The first-order valence-corrected chi connectivity index (χ1v) is 4.11. The monoisotopic (exact) mass is 267 g/mol. The van der Waals surface area contributed by atoms with Crippen molar-refractivity contribution in [2.45, 2.75) is 6.43 Å². The number of nitro groups is 1. The van der Waals surface area contributed by atoms with Crippen molar-refractivity contribution in [1.29, 1.82) is 0 Å². The lowest BCUT2D eigenvalue weighted by molar-refractivity contribution is -0.390. The number of pyridine rings is 1. The van der Waals surface area contributed by atoms with Gasteiger partial charge in [-0.2, -0.15) is 0 Å². The number of rotatable bonds is 2. The predicted octanol–water partition coefficient (Wildman–Crippen LogP) is 2.27. The van der Waals surface area contributed by atoms with Gasteiger partial charge in [0.25, 0.3) is 6.43 Å². The normalized spacial score (nSPS) is 10.6. The van der Waals surface area contributed by atoms with Crippen LogP contribution in [0.4, 0.5) is 20.4 Å². The molecule has 0 atom stereocenters. The molecular formula is C6H4BrF2N3O2. The summed E-state index contributed by atoms with van der Waals surface area (Å²) in [5.74, 6) is -1.02. The molecule has 76 valence electrons. The molecule has 0 bridgehead atoms. The Labute approximate surface area is 85.2 Å². The van der Waals surface area contributed by atoms with Crippen molar-refractivity contribution in [3.63, 3.8) is 0 Å². The molecule has 0 unspecified atom stereocenters. The van der Waals surface area contributed by atoms with Gasteiger partial charge in [-0.3, -0.25) is 0 Å². The predicted molar refractivity (Wildman–Crippen MR) is 48.0 cm³/mol. The molecule has 0 saturated carbocycles. The van der Waals surface area contributed by atoms with Gasteiger partial charge in [-0.25, -0.2) is 8.78 Å². The smallest absolute Gasteiger partial charge is 0.363 e. The summed E-state index contributed by atoms with van der Waals surface area (Å²) in [7, 11) is 0. The fourth-order valence-electron chi connectivity index (χ4n) is 0.835. The number of hydrogen-bond donors (Lipinski definition) is 1. The van der Waals surface area contributed by atoms with E-state index in [-0.39, 0.29) is 10.3 Å². The Hall–Kier alpha value is -1.31. The third-order valence-electron chi connectivity index (χ3n) is 1.40. The highest BCUT2D eigenvalue weighted by atomic mass is 79.9. The minimum absolute atomic E-state index is 0.310. The van der Waals surface area contributed by atoms with Crippen LogP contribution in [-0.4, -0.2) is 9.91 Å². The van der Waals surface area contributed by atoms with E-state index in [9.17, 15) is 18.9 Å². The van der Waals surface area contributed by atoms with Crippen LogP contribution in [0.1, 0.15) is 12.0 Å². The molecule has 2 N–H and O–H groups in total. The van der Waals surface area contributed by atoms with Crippen molar-refractivity contribution in [1.82, 2.24) is 4.98 Å². The van der Waals surface area contributed by atoms with Gasteiger partial charge in [0.1, 0.15) is 4.47 Å². The maximum absolute atomic E-state index is 12.3. The minimum atomic E-state index is -2.84. The SMILES string of the molecule is Nc1cc(C(F)F)c(Br)c([N+](=O)[O-])n1. The van der Waals surface area contributed by atoms with Gasteiger partial charge in [0.05, 0.1) is 0 Å². The third kappa shape index (κ3) is 1.95. The zero-order chi connectivity index (χ0) is 10.9. The number of nitrogens with two attached hydrogens (primary N) is 1. The summed E-state index contributed by atoms with van der Waals surface area (Å²) in [6.45, 7) is 0. The van der Waals surface area contributed by atoms with Gasteiger partial charge < -0.3 is 15.8 Å². The van der Waals surface area contributed by atoms with Crippen LogP contribution in [0, 0.1) is 10.1 Å². The molecule has 0 aromatic carbocycles. The van der Waals surface area contributed by atoms with E-state index in [4.69, 9.17) is 5.73 Å². The Kier molecular flexibility index (Phi) is 2.94. The second-order valence-electron chi connectivity index (χ2n) is 2.33. The van der Waals surface area contributed by atoms with E-state index in [1.54, 1.807) is 0 Å². The zero-order valence-corrected chi connectivity index (χ0v) is 8.16. The Bertz CT molecular complexity index is 386. The van der Waals surface area contributed by atoms with Gasteiger partial charge in [-0.15, -0.1) is 0 Å². The summed E-state index contributed by atoms with van der Waals surface area (Å²) in [5.41, 5.74) is 4.60. The van der Waals surface area contributed by atoms with Crippen molar-refractivity contribution in [2.24, 2.45) is 0 Å². The lowest BCUT2D eigenvalue weighted by Gasteiger charge is -2.03. The Morgan fingerprint density at radius 1 is 1.64 bits per heavy atom. The van der Waals surface area contributed by atoms with E-state index < -0.39 is 22.7 Å². The fraction of sp³-hybridized carbons (Fsp3) is 0.167. The van der Waals surface area contributed by atoms with E-state index in [0.29, 0.717) is 0 Å². The van der Waals surface area contributed by atoms with Crippen LogP contribution >= 0.6 is 15.9 Å². The molecule has 0 fully saturated rings. The second-order valence-corrected chi connectivity index (χ2v) is 3.12. The maximum atomic E-state index is 12.3. The molecule has 8 heteroatoms. The van der Waals surface area contributed by atoms with Crippen LogP contribution in [0.15, 0.2) is 10.5 Å². The molecular weight excluding hydrogens is 264 g/mol. The summed E-state index contributed by atoms with van der Waals surface area (Å²) in [6, 6.07) is 0.891. The number of alkyl halides is 2. The van der Waals surface area contributed by atoms with E-state index >= 15 is 0 Å². The van der Waals surface area contributed by atoms with Gasteiger partial charge in [0, 0.05) is 11.6 Å². The molecule has 0 radical (unpaired) electrons. The summed E-state index contributed by atoms with van der Waals surface area (Å²) in [4.78, 5) is 12.8. The average molecular weight is 268 g/mol. The van der Waals surface area contributed by atoms with Crippen LogP contribution in [0.2, 0.25) is 0 Å². The Morgan fingerprint density at radius 3 is 2.64 bits per heavy atom. The molecule has 1 aromatic rings. The van der Waals surface area contributed by atoms with Crippen LogP contribution in [0.3, 0.4) is 0 Å². The van der Waals surface area contributed by atoms with Gasteiger partial charge in [-0.1, -0.05) is 0 Å². The molecule has 0 aliphatic carbocycles. The Morgan fingerprint density at radius 2 is 2.21 bits per heavy atom. The highest BCUT2D eigenvalue weighted by Gasteiger charge is 2.24. The highest BCUT2D eigenvalue weighted by molar-refractivity contribution is 9.10. The number of nitrogen functional groups attached to an aromatic ring is 1. The lowest BCUT2D eigenvalue weighted by Crippen LogP contribution is -2.01. The summed E-state index contributed by atoms with van der Waals surface area (Å²) in [5, 5.41) is 10.4. The molecule has 14 heavy (non-hydrogen) atoms. The van der Waals surface area contributed by atoms with Crippen LogP contribution in [0.25, 0.3) is 0 Å². The van der Waals surface area contributed by atoms with Crippen LogP contribution < -0.4 is 5.73 Å². The molecule has 0 amide bonds.